The number of nitrogens with one attached hydrogen (secondary N) is 1. The van der Waals surface area contributed by atoms with Crippen LogP contribution in [0.3, 0.4) is 0 Å². The molecule has 15 heteroatoms. The van der Waals surface area contributed by atoms with E-state index < -0.39 is 53.3 Å². The summed E-state index contributed by atoms with van der Waals surface area (Å²) < 4.78 is 3.84. The first-order valence-electron chi connectivity index (χ1n) is 8.47. The second-order valence-corrected chi connectivity index (χ2v) is 7.54. The van der Waals surface area contributed by atoms with Crippen molar-refractivity contribution in [1.82, 2.24) is 19.7 Å². The molecule has 2 unspecified atom stereocenters. The molecule has 1 aliphatic rings. The SMILES string of the molecule is CC(O/N=C(\C(=O)N[C@@H]1C(=O)N(OC(C)C(=O)O)C1(C)C)c1nsc(N)n1)C(=O)O. The second-order valence-electron chi connectivity index (χ2n) is 6.76. The van der Waals surface area contributed by atoms with Gasteiger partial charge in [-0.05, 0) is 27.7 Å². The number of aliphatic carboxylic acids is 2. The van der Waals surface area contributed by atoms with Crippen LogP contribution in [0.2, 0.25) is 0 Å². The highest BCUT2D eigenvalue weighted by Crippen LogP contribution is 2.32. The van der Waals surface area contributed by atoms with E-state index in [-0.39, 0.29) is 11.0 Å². The second kappa shape index (κ2) is 8.58. The quantitative estimate of drug-likeness (QED) is 0.202. The van der Waals surface area contributed by atoms with E-state index >= 15 is 0 Å². The third-order valence-electron chi connectivity index (χ3n) is 4.08. The lowest BCUT2D eigenvalue weighted by molar-refractivity contribution is -0.273. The summed E-state index contributed by atoms with van der Waals surface area (Å²) in [5.41, 5.74) is 3.93. The summed E-state index contributed by atoms with van der Waals surface area (Å²) in [5, 5.41) is 24.6. The smallest absolute Gasteiger partial charge is 0.347 e. The minimum atomic E-state index is -1.37. The van der Waals surface area contributed by atoms with E-state index in [1.807, 2.05) is 0 Å². The van der Waals surface area contributed by atoms with Gasteiger partial charge in [-0.2, -0.15) is 9.36 Å². The maximum absolute atomic E-state index is 12.7. The van der Waals surface area contributed by atoms with Crippen molar-refractivity contribution in [3.8, 4) is 0 Å². The number of oxime groups is 1. The van der Waals surface area contributed by atoms with E-state index in [9.17, 15) is 19.2 Å². The van der Waals surface area contributed by atoms with Crippen LogP contribution in [0, 0.1) is 0 Å². The van der Waals surface area contributed by atoms with Crippen molar-refractivity contribution in [1.29, 1.82) is 0 Å². The third-order valence-corrected chi connectivity index (χ3v) is 4.62. The van der Waals surface area contributed by atoms with E-state index in [0.717, 1.165) is 16.6 Å². The number of anilines is 1. The molecule has 5 N–H and O–H groups in total. The Labute approximate surface area is 173 Å². The predicted octanol–water partition coefficient (Wildman–Crippen LogP) is -1.18. The van der Waals surface area contributed by atoms with Gasteiger partial charge in [0, 0.05) is 11.5 Å². The highest BCUT2D eigenvalue weighted by molar-refractivity contribution is 7.09. The molecule has 30 heavy (non-hydrogen) atoms. The molecule has 1 saturated heterocycles. The van der Waals surface area contributed by atoms with Crippen LogP contribution >= 0.6 is 11.5 Å². The fourth-order valence-electron chi connectivity index (χ4n) is 2.28. The number of aromatic nitrogens is 2. The first-order chi connectivity index (χ1) is 13.9. The highest BCUT2D eigenvalue weighted by atomic mass is 32.1. The molecule has 1 aliphatic heterocycles. The van der Waals surface area contributed by atoms with Gasteiger partial charge in [0.1, 0.15) is 6.04 Å². The molecule has 3 atom stereocenters. The zero-order chi connectivity index (χ0) is 22.8. The molecule has 0 saturated carbocycles. The number of amides is 2. The molecule has 14 nitrogen and oxygen atoms in total. The summed E-state index contributed by atoms with van der Waals surface area (Å²) in [6.07, 6.45) is -2.65. The van der Waals surface area contributed by atoms with E-state index in [1.165, 1.54) is 13.8 Å². The van der Waals surface area contributed by atoms with Crippen LogP contribution in [0.4, 0.5) is 5.13 Å². The Bertz CT molecular complexity index is 899. The van der Waals surface area contributed by atoms with Crippen LogP contribution in [0.15, 0.2) is 5.16 Å². The maximum atomic E-state index is 12.7. The maximum Gasteiger partial charge on any atom is 0.347 e. The zero-order valence-electron chi connectivity index (χ0n) is 16.4. The first kappa shape index (κ1) is 23.0. The Kier molecular flexibility index (Phi) is 6.57. The number of hydrogen-bond donors (Lipinski definition) is 4. The number of carboxylic acid groups (broad SMARTS) is 2. The molecule has 0 spiro atoms. The van der Waals surface area contributed by atoms with Gasteiger partial charge in [0.25, 0.3) is 11.8 Å². The average molecular weight is 444 g/mol. The molecule has 2 rings (SSSR count). The molecule has 164 valence electrons. The number of carbonyl (C=O) groups excluding carboxylic acids is 2. The molecular weight excluding hydrogens is 424 g/mol. The van der Waals surface area contributed by atoms with Gasteiger partial charge in [-0.3, -0.25) is 14.4 Å². The van der Waals surface area contributed by atoms with Crippen LogP contribution in [0.5, 0.6) is 0 Å². The summed E-state index contributed by atoms with van der Waals surface area (Å²) in [5.74, 6) is -4.42. The lowest BCUT2D eigenvalue weighted by Crippen LogP contribution is -2.77. The average Bonchev–Trinajstić information content (AvgIpc) is 3.09. The van der Waals surface area contributed by atoms with Gasteiger partial charge >= 0.3 is 11.9 Å². The molecule has 1 aromatic heterocycles. The van der Waals surface area contributed by atoms with Gasteiger partial charge in [0.05, 0.1) is 5.54 Å². The Balaban J connectivity index is 2.19. The normalized spacial score (nSPS) is 20.1. The molecule has 2 heterocycles. The topological polar surface area (TPSA) is 207 Å². The van der Waals surface area contributed by atoms with E-state index in [2.05, 4.69) is 19.8 Å². The van der Waals surface area contributed by atoms with Crippen LogP contribution in [-0.4, -0.2) is 77.9 Å². The molecule has 0 aromatic carbocycles. The number of carboxylic acids is 2. The van der Waals surface area contributed by atoms with Gasteiger partial charge in [-0.15, -0.1) is 0 Å². The van der Waals surface area contributed by atoms with Crippen molar-refractivity contribution in [3.05, 3.63) is 5.82 Å². The lowest BCUT2D eigenvalue weighted by atomic mass is 9.84. The molecular formula is C15H20N6O8S. The minimum Gasteiger partial charge on any atom is -0.479 e. The van der Waals surface area contributed by atoms with Gasteiger partial charge < -0.3 is 26.1 Å². The number of nitrogens with zero attached hydrogens (tertiary/aromatic N) is 4. The van der Waals surface area contributed by atoms with Crippen molar-refractivity contribution in [2.45, 2.75) is 51.5 Å². The number of hydrogen-bond acceptors (Lipinski definition) is 11. The van der Waals surface area contributed by atoms with Crippen LogP contribution in [-0.2, 0) is 28.9 Å². The summed E-state index contributed by atoms with van der Waals surface area (Å²) in [7, 11) is 0. The largest absolute Gasteiger partial charge is 0.479 e. The van der Waals surface area contributed by atoms with Crippen molar-refractivity contribution in [3.63, 3.8) is 0 Å². The van der Waals surface area contributed by atoms with Crippen molar-refractivity contribution in [2.75, 3.05) is 5.73 Å². The van der Waals surface area contributed by atoms with E-state index in [4.69, 9.17) is 25.6 Å². The lowest BCUT2D eigenvalue weighted by Gasteiger charge is -2.52. The molecule has 2 amide bonds. The number of hydroxylamine groups is 2. The summed E-state index contributed by atoms with van der Waals surface area (Å²) in [4.78, 5) is 60.7. The Morgan fingerprint density at radius 2 is 1.87 bits per heavy atom. The van der Waals surface area contributed by atoms with Crippen LogP contribution < -0.4 is 11.1 Å². The molecule has 1 aromatic rings. The monoisotopic (exact) mass is 444 g/mol. The van der Waals surface area contributed by atoms with E-state index in [0.29, 0.717) is 0 Å². The van der Waals surface area contributed by atoms with E-state index in [1.54, 1.807) is 13.8 Å². The summed E-state index contributed by atoms with van der Waals surface area (Å²) in [6.45, 7) is 5.54. The van der Waals surface area contributed by atoms with Gasteiger partial charge in [0.2, 0.25) is 17.6 Å². The van der Waals surface area contributed by atoms with Gasteiger partial charge in [-0.1, -0.05) is 5.16 Å². The Morgan fingerprint density at radius 1 is 1.27 bits per heavy atom. The zero-order valence-corrected chi connectivity index (χ0v) is 17.2. The number of rotatable bonds is 9. The Hall–Kier alpha value is -3.33. The summed E-state index contributed by atoms with van der Waals surface area (Å²) >= 11 is 0.773. The fraction of sp³-hybridized carbons (Fsp3) is 0.533. The number of nitrogen functional groups attached to an aromatic ring is 1. The molecule has 1 fully saturated rings. The van der Waals surface area contributed by atoms with Crippen molar-refractivity contribution in [2.24, 2.45) is 5.16 Å². The standard InChI is InChI=1S/C15H20N6O8S/c1-5(12(24)25)28-19-7(9-18-14(16)30-20-9)10(22)17-8-11(23)21(15(8,3)4)29-6(2)13(26)27/h5-6,8H,1-4H3,(H,17,22)(H,24,25)(H,26,27)(H2,16,18,20)/b19-7-/t5?,6?,8-/m1/s1. The minimum absolute atomic E-state index is 0.0269. The number of carbonyl (C=O) groups is 4. The first-order valence-corrected chi connectivity index (χ1v) is 9.24. The van der Waals surface area contributed by atoms with Crippen molar-refractivity contribution < 1.29 is 39.1 Å². The molecule has 0 radical (unpaired) electrons. The van der Waals surface area contributed by atoms with Gasteiger partial charge in [0.15, 0.2) is 11.2 Å². The van der Waals surface area contributed by atoms with Crippen LogP contribution in [0.25, 0.3) is 0 Å². The molecule has 0 bridgehead atoms. The fourth-order valence-corrected chi connectivity index (χ4v) is 2.71. The number of nitrogens with two attached hydrogens (primary N) is 1. The summed E-state index contributed by atoms with van der Waals surface area (Å²) in [6, 6.07) is -1.09. The highest BCUT2D eigenvalue weighted by Gasteiger charge is 2.57. The molecule has 0 aliphatic carbocycles. The van der Waals surface area contributed by atoms with Gasteiger partial charge in [-0.25, -0.2) is 14.7 Å². The third kappa shape index (κ3) is 4.62. The van der Waals surface area contributed by atoms with Crippen LogP contribution in [0.1, 0.15) is 33.5 Å². The predicted molar refractivity (Wildman–Crippen MR) is 100 cm³/mol. The van der Waals surface area contributed by atoms with Crippen molar-refractivity contribution >= 4 is 46.1 Å². The Morgan fingerprint density at radius 3 is 2.33 bits per heavy atom. The number of β-lactam (4-membered cyclic amide) rings is 1.